The molecular formula is C13H8Cl2N2O2. The average Bonchev–Trinajstić information content (AvgIpc) is 2.99. The number of nitrogens with zero attached hydrogens (tertiary/aromatic N) is 2. The molecule has 0 unspecified atom stereocenters. The summed E-state index contributed by atoms with van der Waals surface area (Å²) in [5, 5.41) is 4.69. The lowest BCUT2D eigenvalue weighted by molar-refractivity contribution is 0.481. The largest absolute Gasteiger partial charge is 0.452 e. The van der Waals surface area contributed by atoms with Gasteiger partial charge in [-0.2, -0.15) is 9.78 Å². The summed E-state index contributed by atoms with van der Waals surface area (Å²) in [4.78, 5) is 0. The molecule has 0 N–H and O–H groups in total. The minimum absolute atomic E-state index is 0.270. The van der Waals surface area contributed by atoms with E-state index in [0.29, 0.717) is 22.5 Å². The van der Waals surface area contributed by atoms with Gasteiger partial charge in [0.25, 0.3) is 0 Å². The van der Waals surface area contributed by atoms with Crippen LogP contribution < -0.4 is 4.74 Å². The molecule has 0 saturated carbocycles. The zero-order valence-electron chi connectivity index (χ0n) is 9.59. The van der Waals surface area contributed by atoms with Crippen molar-refractivity contribution in [2.75, 3.05) is 0 Å². The molecule has 0 bridgehead atoms. The van der Waals surface area contributed by atoms with Crippen molar-refractivity contribution >= 4 is 23.2 Å². The average molecular weight is 295 g/mol. The van der Waals surface area contributed by atoms with Gasteiger partial charge in [-0.05, 0) is 29.8 Å². The zero-order valence-corrected chi connectivity index (χ0v) is 11.1. The maximum atomic E-state index is 6.19. The lowest BCUT2D eigenvalue weighted by atomic mass is 10.3. The summed E-state index contributed by atoms with van der Waals surface area (Å²) in [6.45, 7) is 0. The Kier molecular flexibility index (Phi) is 3.19. The number of aromatic nitrogens is 2. The van der Waals surface area contributed by atoms with Crippen LogP contribution in [0.1, 0.15) is 0 Å². The predicted octanol–water partition coefficient (Wildman–Crippen LogP) is 4.56. The number of hydrogen-bond donors (Lipinski definition) is 0. The first-order valence-corrected chi connectivity index (χ1v) is 6.22. The number of furan rings is 1. The number of ether oxygens (including phenoxy) is 1. The van der Waals surface area contributed by atoms with Gasteiger partial charge in [-0.15, -0.1) is 0 Å². The molecular weight excluding hydrogens is 287 g/mol. The van der Waals surface area contributed by atoms with E-state index in [0.717, 1.165) is 0 Å². The highest BCUT2D eigenvalue weighted by Gasteiger charge is 2.14. The van der Waals surface area contributed by atoms with E-state index in [1.54, 1.807) is 12.1 Å². The summed E-state index contributed by atoms with van der Waals surface area (Å²) < 4.78 is 12.3. The second-order valence-electron chi connectivity index (χ2n) is 3.70. The third-order valence-electron chi connectivity index (χ3n) is 2.42. The fourth-order valence-electron chi connectivity index (χ4n) is 1.57. The van der Waals surface area contributed by atoms with Crippen LogP contribution in [0.25, 0.3) is 5.88 Å². The van der Waals surface area contributed by atoms with E-state index in [1.165, 1.54) is 10.9 Å². The Morgan fingerprint density at radius 2 is 1.84 bits per heavy atom. The third kappa shape index (κ3) is 2.45. The van der Waals surface area contributed by atoms with Crippen molar-refractivity contribution in [1.29, 1.82) is 0 Å². The highest BCUT2D eigenvalue weighted by Crippen LogP contribution is 2.31. The van der Waals surface area contributed by atoms with E-state index in [4.69, 9.17) is 32.4 Å². The van der Waals surface area contributed by atoms with Gasteiger partial charge in [0.1, 0.15) is 5.75 Å². The van der Waals surface area contributed by atoms with Gasteiger partial charge in [0.05, 0.1) is 6.20 Å². The summed E-state index contributed by atoms with van der Waals surface area (Å²) in [7, 11) is 0. The van der Waals surface area contributed by atoms with Crippen LogP contribution in [0, 0.1) is 0 Å². The van der Waals surface area contributed by atoms with Crippen molar-refractivity contribution in [1.82, 2.24) is 9.78 Å². The number of benzene rings is 1. The van der Waals surface area contributed by atoms with E-state index >= 15 is 0 Å². The summed E-state index contributed by atoms with van der Waals surface area (Å²) in [5.74, 6) is 1.56. The van der Waals surface area contributed by atoms with Gasteiger partial charge in [0.15, 0.2) is 16.1 Å². The Hall–Kier alpha value is -1.91. The summed E-state index contributed by atoms with van der Waals surface area (Å²) in [5.41, 5.74) is 0. The highest BCUT2D eigenvalue weighted by molar-refractivity contribution is 6.31. The van der Waals surface area contributed by atoms with Crippen LogP contribution in [-0.2, 0) is 0 Å². The molecule has 2 heterocycles. The Bertz CT molecular complexity index is 692. The molecule has 0 saturated heterocycles. The quantitative estimate of drug-likeness (QED) is 0.711. The summed E-state index contributed by atoms with van der Waals surface area (Å²) >= 11 is 11.9. The van der Waals surface area contributed by atoms with Crippen LogP contribution in [0.3, 0.4) is 0 Å². The van der Waals surface area contributed by atoms with Crippen LogP contribution >= 0.6 is 23.2 Å². The second kappa shape index (κ2) is 4.99. The van der Waals surface area contributed by atoms with Gasteiger partial charge in [-0.25, -0.2) is 0 Å². The standard InChI is InChI=1S/C13H8Cl2N2O2/c14-11-6-7-12(19-11)17-13(15)10(8-16-17)18-9-4-2-1-3-5-9/h1-8H. The van der Waals surface area contributed by atoms with Crippen LogP contribution in [0.4, 0.5) is 0 Å². The smallest absolute Gasteiger partial charge is 0.223 e. The highest BCUT2D eigenvalue weighted by atomic mass is 35.5. The molecule has 0 atom stereocenters. The van der Waals surface area contributed by atoms with Crippen molar-refractivity contribution in [3.8, 4) is 17.4 Å². The number of rotatable bonds is 3. The molecule has 19 heavy (non-hydrogen) atoms. The molecule has 0 aliphatic heterocycles. The van der Waals surface area contributed by atoms with E-state index in [1.807, 2.05) is 30.3 Å². The van der Waals surface area contributed by atoms with Crippen LogP contribution in [0.2, 0.25) is 10.4 Å². The molecule has 4 nitrogen and oxygen atoms in total. The fourth-order valence-corrected chi connectivity index (χ4v) is 1.93. The Labute approximate surface area is 119 Å². The van der Waals surface area contributed by atoms with Crippen LogP contribution in [0.15, 0.2) is 53.1 Å². The van der Waals surface area contributed by atoms with Crippen molar-refractivity contribution in [3.63, 3.8) is 0 Å². The topological polar surface area (TPSA) is 40.2 Å². The lowest BCUT2D eigenvalue weighted by Crippen LogP contribution is -1.93. The Morgan fingerprint density at radius 1 is 1.05 bits per heavy atom. The maximum Gasteiger partial charge on any atom is 0.223 e. The first kappa shape index (κ1) is 12.1. The van der Waals surface area contributed by atoms with Gasteiger partial charge >= 0.3 is 0 Å². The second-order valence-corrected chi connectivity index (χ2v) is 4.43. The Balaban J connectivity index is 1.91. The first-order valence-electron chi connectivity index (χ1n) is 5.46. The molecule has 0 amide bonds. The van der Waals surface area contributed by atoms with E-state index in [2.05, 4.69) is 5.10 Å². The molecule has 96 valence electrons. The maximum absolute atomic E-state index is 6.19. The minimum Gasteiger partial charge on any atom is -0.452 e. The van der Waals surface area contributed by atoms with E-state index < -0.39 is 0 Å². The Morgan fingerprint density at radius 3 is 2.53 bits per heavy atom. The monoisotopic (exact) mass is 294 g/mol. The normalized spacial score (nSPS) is 10.6. The minimum atomic E-state index is 0.270. The van der Waals surface area contributed by atoms with E-state index in [-0.39, 0.29) is 5.22 Å². The van der Waals surface area contributed by atoms with Crippen molar-refractivity contribution in [2.24, 2.45) is 0 Å². The molecule has 0 aliphatic carbocycles. The van der Waals surface area contributed by atoms with Crippen molar-refractivity contribution in [2.45, 2.75) is 0 Å². The summed E-state index contributed by atoms with van der Waals surface area (Å²) in [6, 6.07) is 12.6. The zero-order chi connectivity index (χ0) is 13.2. The van der Waals surface area contributed by atoms with Gasteiger partial charge in [0.2, 0.25) is 5.88 Å². The molecule has 1 aromatic carbocycles. The van der Waals surface area contributed by atoms with Gasteiger partial charge < -0.3 is 9.15 Å². The van der Waals surface area contributed by atoms with Crippen LogP contribution in [-0.4, -0.2) is 9.78 Å². The van der Waals surface area contributed by atoms with Crippen LogP contribution in [0.5, 0.6) is 11.5 Å². The molecule has 3 aromatic rings. The van der Waals surface area contributed by atoms with Gasteiger partial charge in [-0.3, -0.25) is 0 Å². The molecule has 0 aliphatic rings. The SMILES string of the molecule is Clc1ccc(-n2ncc(Oc3ccccc3)c2Cl)o1. The molecule has 2 aromatic heterocycles. The molecule has 0 radical (unpaired) electrons. The number of para-hydroxylation sites is 1. The van der Waals surface area contributed by atoms with Crippen molar-refractivity contribution < 1.29 is 9.15 Å². The van der Waals surface area contributed by atoms with Gasteiger partial charge in [0, 0.05) is 6.07 Å². The van der Waals surface area contributed by atoms with Crippen molar-refractivity contribution in [3.05, 3.63) is 59.0 Å². The fraction of sp³-hybridized carbons (Fsp3) is 0. The molecule has 0 fully saturated rings. The summed E-state index contributed by atoms with van der Waals surface area (Å²) in [6.07, 6.45) is 1.52. The predicted molar refractivity (Wildman–Crippen MR) is 72.4 cm³/mol. The molecule has 6 heteroatoms. The number of hydrogen-bond acceptors (Lipinski definition) is 3. The number of halogens is 2. The van der Waals surface area contributed by atoms with E-state index in [9.17, 15) is 0 Å². The lowest BCUT2D eigenvalue weighted by Gasteiger charge is -2.03. The molecule has 3 rings (SSSR count). The van der Waals surface area contributed by atoms with Gasteiger partial charge in [-0.1, -0.05) is 29.8 Å². The first-order chi connectivity index (χ1) is 9.24. The third-order valence-corrected chi connectivity index (χ3v) is 2.97. The molecule has 0 spiro atoms.